The van der Waals surface area contributed by atoms with Crippen LogP contribution in [-0.4, -0.2) is 11.1 Å². The first kappa shape index (κ1) is 11.5. The van der Waals surface area contributed by atoms with Crippen molar-refractivity contribution in [1.29, 1.82) is 0 Å². The molecule has 0 aromatic heterocycles. The number of benzene rings is 2. The Bertz CT molecular complexity index is 614. The fourth-order valence-electron chi connectivity index (χ4n) is 2.39. The highest BCUT2D eigenvalue weighted by atomic mass is 35.5. The van der Waals surface area contributed by atoms with E-state index >= 15 is 0 Å². The summed E-state index contributed by atoms with van der Waals surface area (Å²) in [6, 6.07) is 16.7. The third-order valence-corrected chi connectivity index (χ3v) is 3.49. The minimum absolute atomic E-state index is 0.0858. The predicted octanol–water partition coefficient (Wildman–Crippen LogP) is 4.34. The van der Waals surface area contributed by atoms with Crippen LogP contribution in [0.25, 0.3) is 0 Å². The lowest BCUT2D eigenvalue weighted by atomic mass is 9.97. The minimum Gasteiger partial charge on any atom is -0.251 e. The first-order valence-electron chi connectivity index (χ1n) is 6.14. The Morgan fingerprint density at radius 1 is 1.00 bits per heavy atom. The van der Waals surface area contributed by atoms with E-state index in [1.54, 1.807) is 0 Å². The molecule has 2 heteroatoms. The van der Waals surface area contributed by atoms with E-state index in [4.69, 9.17) is 16.6 Å². The van der Waals surface area contributed by atoms with E-state index in [1.165, 1.54) is 16.7 Å². The van der Waals surface area contributed by atoms with E-state index in [0.29, 0.717) is 0 Å². The van der Waals surface area contributed by atoms with Crippen molar-refractivity contribution in [2.24, 2.45) is 4.99 Å². The summed E-state index contributed by atoms with van der Waals surface area (Å²) in [5.74, 6) is 0. The molecule has 0 saturated carbocycles. The number of alkyl halides is 1. The molecule has 3 rings (SSSR count). The van der Waals surface area contributed by atoms with E-state index < -0.39 is 0 Å². The van der Waals surface area contributed by atoms with Gasteiger partial charge in [0.2, 0.25) is 0 Å². The number of rotatable bonds is 1. The Labute approximate surface area is 112 Å². The summed E-state index contributed by atoms with van der Waals surface area (Å²) in [7, 11) is 0. The SMILES string of the molecule is CC(Cl)C1=Nc2ccccc2Cc2ccccc21. The maximum Gasteiger partial charge on any atom is 0.0735 e. The van der Waals surface area contributed by atoms with Gasteiger partial charge < -0.3 is 0 Å². The second-order valence-electron chi connectivity index (χ2n) is 4.58. The molecule has 18 heavy (non-hydrogen) atoms. The average Bonchev–Trinajstić information content (AvgIpc) is 2.55. The van der Waals surface area contributed by atoms with Crippen molar-refractivity contribution in [3.8, 4) is 0 Å². The highest BCUT2D eigenvalue weighted by Crippen LogP contribution is 2.30. The number of hydrogen-bond donors (Lipinski definition) is 0. The standard InChI is InChI=1S/C16H14ClN/c1-11(17)16-14-8-4-2-6-12(14)10-13-7-3-5-9-15(13)18-16/h2-9,11H,10H2,1H3. The van der Waals surface area contributed by atoms with Crippen LogP contribution in [0.1, 0.15) is 23.6 Å². The number of halogens is 1. The molecule has 2 aromatic carbocycles. The quantitative estimate of drug-likeness (QED) is 0.673. The number of hydrogen-bond acceptors (Lipinski definition) is 1. The van der Waals surface area contributed by atoms with E-state index in [2.05, 4.69) is 36.4 Å². The second-order valence-corrected chi connectivity index (χ2v) is 5.23. The van der Waals surface area contributed by atoms with Gasteiger partial charge in [-0.1, -0.05) is 42.5 Å². The van der Waals surface area contributed by atoms with Crippen molar-refractivity contribution in [2.75, 3.05) is 0 Å². The molecule has 0 fully saturated rings. The van der Waals surface area contributed by atoms with Crippen LogP contribution in [0.2, 0.25) is 0 Å². The molecule has 2 aromatic rings. The third kappa shape index (κ3) is 1.95. The van der Waals surface area contributed by atoms with Crippen LogP contribution in [0.3, 0.4) is 0 Å². The average molecular weight is 256 g/mol. The summed E-state index contributed by atoms with van der Waals surface area (Å²) in [6.07, 6.45) is 0.920. The van der Waals surface area contributed by atoms with Crippen LogP contribution in [0.4, 0.5) is 5.69 Å². The Balaban J connectivity index is 2.26. The number of fused-ring (bicyclic) bond motifs is 2. The largest absolute Gasteiger partial charge is 0.251 e. The van der Waals surface area contributed by atoms with Gasteiger partial charge in [0, 0.05) is 12.0 Å². The molecule has 1 aliphatic heterocycles. The van der Waals surface area contributed by atoms with Crippen LogP contribution in [0.15, 0.2) is 53.5 Å². The lowest BCUT2D eigenvalue weighted by Gasteiger charge is -2.10. The maximum absolute atomic E-state index is 6.29. The molecule has 0 spiro atoms. The van der Waals surface area contributed by atoms with Gasteiger partial charge in [0.15, 0.2) is 0 Å². The number of nitrogens with zero attached hydrogens (tertiary/aromatic N) is 1. The van der Waals surface area contributed by atoms with Gasteiger partial charge in [-0.2, -0.15) is 0 Å². The zero-order valence-electron chi connectivity index (χ0n) is 10.2. The molecule has 0 saturated heterocycles. The molecule has 90 valence electrons. The molecular weight excluding hydrogens is 242 g/mol. The fourth-order valence-corrected chi connectivity index (χ4v) is 2.56. The van der Waals surface area contributed by atoms with Gasteiger partial charge in [-0.3, -0.25) is 4.99 Å². The summed E-state index contributed by atoms with van der Waals surface area (Å²) >= 11 is 6.29. The van der Waals surface area contributed by atoms with Crippen LogP contribution in [0, 0.1) is 0 Å². The Kier molecular flexibility index (Phi) is 2.92. The zero-order valence-corrected chi connectivity index (χ0v) is 11.0. The molecule has 0 radical (unpaired) electrons. The third-order valence-electron chi connectivity index (χ3n) is 3.28. The molecule has 1 heterocycles. The molecular formula is C16H14ClN. The predicted molar refractivity (Wildman–Crippen MR) is 77.2 cm³/mol. The first-order valence-corrected chi connectivity index (χ1v) is 6.58. The summed E-state index contributed by atoms with van der Waals surface area (Å²) in [6.45, 7) is 1.98. The van der Waals surface area contributed by atoms with Gasteiger partial charge in [0.05, 0.1) is 16.8 Å². The van der Waals surface area contributed by atoms with Crippen molar-refractivity contribution in [1.82, 2.24) is 0 Å². The molecule has 1 atom stereocenters. The van der Waals surface area contributed by atoms with Gasteiger partial charge in [-0.15, -0.1) is 11.6 Å². The van der Waals surface area contributed by atoms with E-state index in [9.17, 15) is 0 Å². The van der Waals surface area contributed by atoms with Gasteiger partial charge in [-0.05, 0) is 24.1 Å². The minimum atomic E-state index is -0.0858. The van der Waals surface area contributed by atoms with Crippen LogP contribution >= 0.6 is 11.6 Å². The van der Waals surface area contributed by atoms with Crippen molar-refractivity contribution < 1.29 is 0 Å². The summed E-state index contributed by atoms with van der Waals surface area (Å²) < 4.78 is 0. The van der Waals surface area contributed by atoms with Crippen molar-refractivity contribution in [2.45, 2.75) is 18.7 Å². The zero-order chi connectivity index (χ0) is 12.5. The second kappa shape index (κ2) is 4.58. The van der Waals surface area contributed by atoms with Gasteiger partial charge in [-0.25, -0.2) is 0 Å². The van der Waals surface area contributed by atoms with Crippen molar-refractivity contribution >= 4 is 23.0 Å². The lowest BCUT2D eigenvalue weighted by molar-refractivity contribution is 1.19. The lowest BCUT2D eigenvalue weighted by Crippen LogP contribution is -2.13. The van der Waals surface area contributed by atoms with Crippen LogP contribution in [-0.2, 0) is 6.42 Å². The Morgan fingerprint density at radius 2 is 1.67 bits per heavy atom. The maximum atomic E-state index is 6.29. The highest BCUT2D eigenvalue weighted by Gasteiger charge is 2.18. The van der Waals surface area contributed by atoms with Crippen LogP contribution in [0.5, 0.6) is 0 Å². The topological polar surface area (TPSA) is 12.4 Å². The van der Waals surface area contributed by atoms with E-state index in [0.717, 1.165) is 17.8 Å². The summed E-state index contributed by atoms with van der Waals surface area (Å²) in [4.78, 5) is 4.76. The Hall–Kier alpha value is -1.60. The molecule has 0 aliphatic carbocycles. The molecule has 0 amide bonds. The molecule has 0 bridgehead atoms. The summed E-state index contributed by atoms with van der Waals surface area (Å²) in [5, 5.41) is -0.0858. The molecule has 1 unspecified atom stereocenters. The molecule has 0 N–H and O–H groups in total. The normalized spacial score (nSPS) is 15.1. The van der Waals surface area contributed by atoms with Crippen molar-refractivity contribution in [3.05, 3.63) is 65.2 Å². The highest BCUT2D eigenvalue weighted by molar-refractivity contribution is 6.35. The monoisotopic (exact) mass is 255 g/mol. The van der Waals surface area contributed by atoms with Crippen LogP contribution < -0.4 is 0 Å². The molecule has 1 nitrogen and oxygen atoms in total. The first-order chi connectivity index (χ1) is 8.75. The smallest absolute Gasteiger partial charge is 0.0735 e. The van der Waals surface area contributed by atoms with Gasteiger partial charge in [0.1, 0.15) is 0 Å². The van der Waals surface area contributed by atoms with E-state index in [1.807, 2.05) is 19.1 Å². The van der Waals surface area contributed by atoms with Gasteiger partial charge >= 0.3 is 0 Å². The Morgan fingerprint density at radius 3 is 2.44 bits per heavy atom. The van der Waals surface area contributed by atoms with E-state index in [-0.39, 0.29) is 5.38 Å². The number of aliphatic imine (C=N–C) groups is 1. The fraction of sp³-hybridized carbons (Fsp3) is 0.188. The van der Waals surface area contributed by atoms with Crippen molar-refractivity contribution in [3.63, 3.8) is 0 Å². The van der Waals surface area contributed by atoms with Gasteiger partial charge in [0.25, 0.3) is 0 Å². The summed E-state index contributed by atoms with van der Waals surface area (Å²) in [5.41, 5.74) is 5.75. The number of para-hydroxylation sites is 1. The molecule has 1 aliphatic rings.